The Morgan fingerprint density at radius 2 is 1.65 bits per heavy atom. The highest BCUT2D eigenvalue weighted by Gasteiger charge is 2.27. The van der Waals surface area contributed by atoms with Gasteiger partial charge in [-0.1, -0.05) is 41.4 Å². The Morgan fingerprint density at radius 1 is 1.04 bits per heavy atom. The average Bonchev–Trinajstić information content (AvgIpc) is 2.63. The summed E-state index contributed by atoms with van der Waals surface area (Å²) in [4.78, 5) is 14.8. The van der Waals surface area contributed by atoms with E-state index in [0.29, 0.717) is 46.2 Å². The van der Waals surface area contributed by atoms with Crippen LogP contribution in [0.3, 0.4) is 0 Å². The lowest BCUT2D eigenvalue weighted by atomic mass is 10.0. The largest absolute Gasteiger partial charge is 0.455 e. The summed E-state index contributed by atoms with van der Waals surface area (Å²) in [5.41, 5.74) is 0.381. The van der Waals surface area contributed by atoms with Crippen LogP contribution in [0.15, 0.2) is 42.5 Å². The molecular weight excluding hydrogens is 395 g/mol. The number of hydrogen-bond donors (Lipinski definition) is 1. The first-order valence-electron chi connectivity index (χ1n) is 8.27. The molecule has 1 aliphatic rings. The molecule has 1 N–H and O–H groups in total. The third-order valence-electron chi connectivity index (χ3n) is 4.44. The van der Waals surface area contributed by atoms with Gasteiger partial charge < -0.3 is 15.0 Å². The van der Waals surface area contributed by atoms with Crippen LogP contribution in [0.25, 0.3) is 0 Å². The van der Waals surface area contributed by atoms with Crippen molar-refractivity contribution in [2.45, 2.75) is 18.9 Å². The third-order valence-corrected chi connectivity index (χ3v) is 5.06. The van der Waals surface area contributed by atoms with E-state index in [9.17, 15) is 4.79 Å². The molecule has 1 heterocycles. The van der Waals surface area contributed by atoms with Gasteiger partial charge in [-0.05, 0) is 44.2 Å². The minimum Gasteiger partial charge on any atom is -0.455 e. The summed E-state index contributed by atoms with van der Waals surface area (Å²) in [7, 11) is 1.95. The summed E-state index contributed by atoms with van der Waals surface area (Å²) in [5, 5.41) is 4.12. The second kappa shape index (κ2) is 9.47. The molecule has 4 nitrogen and oxygen atoms in total. The summed E-state index contributed by atoms with van der Waals surface area (Å²) in [6, 6.07) is 12.8. The van der Waals surface area contributed by atoms with Gasteiger partial charge in [0.25, 0.3) is 5.91 Å². The minimum atomic E-state index is -0.109. The lowest BCUT2D eigenvalue weighted by molar-refractivity contribution is 0.0705. The smallest absolute Gasteiger partial charge is 0.259 e. The van der Waals surface area contributed by atoms with Crippen molar-refractivity contribution < 1.29 is 9.53 Å². The van der Waals surface area contributed by atoms with E-state index in [1.54, 1.807) is 30.3 Å². The predicted molar refractivity (Wildman–Crippen MR) is 108 cm³/mol. The van der Waals surface area contributed by atoms with Crippen molar-refractivity contribution in [3.63, 3.8) is 0 Å². The Balaban J connectivity index is 0.00000243. The topological polar surface area (TPSA) is 41.6 Å². The molecule has 0 aromatic heterocycles. The molecule has 3 rings (SSSR count). The molecule has 1 aliphatic heterocycles. The number of para-hydroxylation sites is 1. The van der Waals surface area contributed by atoms with Crippen molar-refractivity contribution >= 4 is 41.5 Å². The molecule has 0 bridgehead atoms. The van der Waals surface area contributed by atoms with Crippen molar-refractivity contribution in [3.8, 4) is 11.5 Å². The second-order valence-corrected chi connectivity index (χ2v) is 6.82. The van der Waals surface area contributed by atoms with E-state index in [1.807, 2.05) is 24.1 Å². The lowest BCUT2D eigenvalue weighted by Gasteiger charge is -2.32. The van der Waals surface area contributed by atoms with Gasteiger partial charge in [0.15, 0.2) is 0 Å². The van der Waals surface area contributed by atoms with Gasteiger partial charge in [0.1, 0.15) is 17.1 Å². The fraction of sp³-hybridized carbons (Fsp3) is 0.316. The quantitative estimate of drug-likeness (QED) is 0.761. The van der Waals surface area contributed by atoms with E-state index in [-0.39, 0.29) is 18.3 Å². The molecule has 0 radical (unpaired) electrons. The predicted octanol–water partition coefficient (Wildman–Crippen LogP) is 5.03. The summed E-state index contributed by atoms with van der Waals surface area (Å²) >= 11 is 12.5. The number of halogens is 3. The van der Waals surface area contributed by atoms with E-state index in [2.05, 4.69) is 5.32 Å². The molecule has 1 fully saturated rings. The SMILES string of the molecule is CNC1CCN(C(=O)c2c(Cl)cccc2Oc2ccccc2Cl)CC1.Cl. The molecule has 7 heteroatoms. The van der Waals surface area contributed by atoms with Crippen LogP contribution in [0.1, 0.15) is 23.2 Å². The molecule has 0 unspecified atom stereocenters. The van der Waals surface area contributed by atoms with Gasteiger partial charge in [0.05, 0.1) is 10.0 Å². The van der Waals surface area contributed by atoms with Crippen molar-refractivity contribution in [2.24, 2.45) is 0 Å². The molecule has 140 valence electrons. The average molecular weight is 416 g/mol. The van der Waals surface area contributed by atoms with Gasteiger partial charge in [-0.3, -0.25) is 4.79 Å². The van der Waals surface area contributed by atoms with Gasteiger partial charge in [-0.15, -0.1) is 12.4 Å². The number of carbonyl (C=O) groups is 1. The molecule has 0 atom stereocenters. The molecule has 0 spiro atoms. The molecule has 2 aromatic carbocycles. The van der Waals surface area contributed by atoms with Gasteiger partial charge in [0.2, 0.25) is 0 Å². The summed E-state index contributed by atoms with van der Waals surface area (Å²) in [5.74, 6) is 0.804. The molecule has 0 aliphatic carbocycles. The Kier molecular flexibility index (Phi) is 7.59. The highest BCUT2D eigenvalue weighted by atomic mass is 35.5. The molecule has 0 saturated carbocycles. The Morgan fingerprint density at radius 3 is 2.31 bits per heavy atom. The third kappa shape index (κ3) is 4.63. The number of rotatable bonds is 4. The van der Waals surface area contributed by atoms with Gasteiger partial charge >= 0.3 is 0 Å². The number of carbonyl (C=O) groups excluding carboxylic acids is 1. The fourth-order valence-electron chi connectivity index (χ4n) is 2.97. The van der Waals surface area contributed by atoms with Crippen LogP contribution in [0.2, 0.25) is 10.0 Å². The zero-order valence-electron chi connectivity index (χ0n) is 14.4. The first-order valence-corrected chi connectivity index (χ1v) is 9.03. The van der Waals surface area contributed by atoms with Crippen molar-refractivity contribution in [1.29, 1.82) is 0 Å². The maximum absolute atomic E-state index is 13.0. The van der Waals surface area contributed by atoms with Crippen LogP contribution in [-0.4, -0.2) is 37.0 Å². The Bertz CT molecular complexity index is 762. The highest BCUT2D eigenvalue weighted by Crippen LogP contribution is 2.35. The van der Waals surface area contributed by atoms with Crippen molar-refractivity contribution in [3.05, 3.63) is 58.1 Å². The zero-order valence-corrected chi connectivity index (χ0v) is 16.7. The van der Waals surface area contributed by atoms with Gasteiger partial charge in [-0.25, -0.2) is 0 Å². The van der Waals surface area contributed by atoms with Crippen LogP contribution in [-0.2, 0) is 0 Å². The molecule has 1 saturated heterocycles. The van der Waals surface area contributed by atoms with Crippen LogP contribution >= 0.6 is 35.6 Å². The number of amides is 1. The lowest BCUT2D eigenvalue weighted by Crippen LogP contribution is -2.44. The maximum atomic E-state index is 13.0. The number of nitrogens with zero attached hydrogens (tertiary/aromatic N) is 1. The number of likely N-dealkylation sites (tertiary alicyclic amines) is 1. The Hall–Kier alpha value is -1.46. The summed E-state index contributed by atoms with van der Waals surface area (Å²) in [6.07, 6.45) is 1.85. The first kappa shape index (κ1) is 20.8. The number of benzene rings is 2. The van der Waals surface area contributed by atoms with E-state index >= 15 is 0 Å². The highest BCUT2D eigenvalue weighted by molar-refractivity contribution is 6.34. The van der Waals surface area contributed by atoms with Crippen molar-refractivity contribution in [1.82, 2.24) is 10.2 Å². The fourth-order valence-corrected chi connectivity index (χ4v) is 3.39. The first-order chi connectivity index (χ1) is 12.1. The van der Waals surface area contributed by atoms with Crippen molar-refractivity contribution in [2.75, 3.05) is 20.1 Å². The summed E-state index contributed by atoms with van der Waals surface area (Å²) in [6.45, 7) is 1.39. The van der Waals surface area contributed by atoms with E-state index in [1.165, 1.54) is 0 Å². The second-order valence-electron chi connectivity index (χ2n) is 6.00. The van der Waals surface area contributed by atoms with Crippen LogP contribution < -0.4 is 10.1 Å². The van der Waals surface area contributed by atoms with Crippen LogP contribution in [0.4, 0.5) is 0 Å². The molecule has 1 amide bonds. The van der Waals surface area contributed by atoms with Crippen LogP contribution in [0.5, 0.6) is 11.5 Å². The monoisotopic (exact) mass is 414 g/mol. The van der Waals surface area contributed by atoms with Crippen LogP contribution in [0, 0.1) is 0 Å². The van der Waals surface area contributed by atoms with Gasteiger partial charge in [0, 0.05) is 19.1 Å². The van der Waals surface area contributed by atoms with Gasteiger partial charge in [-0.2, -0.15) is 0 Å². The number of nitrogens with one attached hydrogen (secondary N) is 1. The number of hydrogen-bond acceptors (Lipinski definition) is 3. The zero-order chi connectivity index (χ0) is 17.8. The normalized spacial score (nSPS) is 14.7. The number of piperidine rings is 1. The van der Waals surface area contributed by atoms with E-state index in [0.717, 1.165) is 12.8 Å². The number of ether oxygens (including phenoxy) is 1. The minimum absolute atomic E-state index is 0. The molecular formula is C19H21Cl3N2O2. The van der Waals surface area contributed by atoms with E-state index in [4.69, 9.17) is 27.9 Å². The summed E-state index contributed by atoms with van der Waals surface area (Å²) < 4.78 is 5.90. The van der Waals surface area contributed by atoms with E-state index < -0.39 is 0 Å². The standard InChI is InChI=1S/C19H20Cl2N2O2.ClH/c1-22-13-9-11-23(12-10-13)19(24)18-15(21)6-4-8-17(18)25-16-7-3-2-5-14(16)20;/h2-8,13,22H,9-12H2,1H3;1H. The molecule has 26 heavy (non-hydrogen) atoms. The Labute approximate surface area is 169 Å². The maximum Gasteiger partial charge on any atom is 0.259 e. The molecule has 2 aromatic rings.